The van der Waals surface area contributed by atoms with Crippen molar-refractivity contribution >= 4 is 66.7 Å². The van der Waals surface area contributed by atoms with E-state index in [1.54, 1.807) is 11.8 Å². The Kier molecular flexibility index (Phi) is 15.7. The third-order valence-electron chi connectivity index (χ3n) is 13.4. The number of rotatable bonds is 17. The number of hydrogen-bond acceptors (Lipinski definition) is 5. The molecule has 0 atom stereocenters. The number of Topliss-reactive ketones (excluding diaryl/α,β-unsaturated/α-hetero) is 1. The molecule has 0 fully saturated rings. The summed E-state index contributed by atoms with van der Waals surface area (Å²) in [6, 6.07) is 58.9. The predicted molar refractivity (Wildman–Crippen MR) is 292 cm³/mol. The highest BCUT2D eigenvalue weighted by molar-refractivity contribution is 8.04. The Morgan fingerprint density at radius 1 is 0.552 bits per heavy atom. The van der Waals surface area contributed by atoms with Crippen LogP contribution in [-0.4, -0.2) is 48.7 Å². The smallest absolute Gasteiger partial charge is 0.261 e. The Hall–Kier alpha value is -5.03. The number of anilines is 1. The molecule has 0 N–H and O–H groups in total. The summed E-state index contributed by atoms with van der Waals surface area (Å²) in [6.45, 7) is 25.2. The molecule has 0 spiro atoms. The molecule has 1 aliphatic carbocycles. The predicted octanol–water partition coefficient (Wildman–Crippen LogP) is 12.7. The molecule has 4 nitrogen and oxygen atoms in total. The maximum atomic E-state index is 13.8. The molecule has 6 aromatic carbocycles. The third-order valence-corrected chi connectivity index (χ3v) is 25.0. The number of carbonyl (C=O) groups is 1. The van der Waals surface area contributed by atoms with Crippen LogP contribution in [0.5, 0.6) is 0 Å². The highest BCUT2D eigenvalue weighted by Crippen LogP contribution is 2.45. The van der Waals surface area contributed by atoms with Crippen molar-refractivity contribution in [2.75, 3.05) is 31.2 Å². The lowest BCUT2D eigenvalue weighted by Gasteiger charge is -2.44. The molecule has 0 saturated heterocycles. The van der Waals surface area contributed by atoms with Gasteiger partial charge in [0.15, 0.2) is 5.78 Å². The molecule has 0 radical (unpaired) electrons. The zero-order chi connectivity index (χ0) is 47.9. The number of thioether (sulfide) groups is 1. The molecule has 6 aromatic rings. The molecule has 0 bridgehead atoms. The van der Waals surface area contributed by atoms with E-state index >= 15 is 0 Å². The van der Waals surface area contributed by atoms with Crippen LogP contribution in [0.1, 0.15) is 84.9 Å². The number of ketones is 1. The van der Waals surface area contributed by atoms with Gasteiger partial charge in [0.2, 0.25) is 0 Å². The van der Waals surface area contributed by atoms with Crippen molar-refractivity contribution in [3.05, 3.63) is 197 Å². The Labute approximate surface area is 408 Å². The second-order valence-electron chi connectivity index (χ2n) is 21.1. The fourth-order valence-corrected chi connectivity index (χ4v) is 20.4. The number of nitrogens with zero attached hydrogens (tertiary/aromatic N) is 1. The molecule has 348 valence electrons. The van der Waals surface area contributed by atoms with E-state index < -0.39 is 16.6 Å². The fraction of sp³-hybridized carbons (Fsp3) is 0.317. The van der Waals surface area contributed by atoms with Crippen LogP contribution < -0.4 is 25.6 Å². The van der Waals surface area contributed by atoms with Crippen LogP contribution in [0.15, 0.2) is 185 Å². The van der Waals surface area contributed by atoms with Crippen LogP contribution >= 0.6 is 11.8 Å². The van der Waals surface area contributed by atoms with Crippen molar-refractivity contribution in [3.8, 4) is 0 Å². The molecule has 0 unspecified atom stereocenters. The molecule has 7 rings (SSSR count). The number of hydrogen-bond donors (Lipinski definition) is 0. The summed E-state index contributed by atoms with van der Waals surface area (Å²) in [4.78, 5) is 18.3. The zero-order valence-electron chi connectivity index (χ0n) is 41.6. The van der Waals surface area contributed by atoms with Crippen LogP contribution in [0, 0.1) is 19.3 Å². The maximum Gasteiger partial charge on any atom is 0.261 e. The molecule has 67 heavy (non-hydrogen) atoms. The molecule has 0 aliphatic heterocycles. The normalized spacial score (nSPS) is 14.7. The van der Waals surface area contributed by atoms with Crippen LogP contribution in [0.25, 0.3) is 6.08 Å². The first-order valence-electron chi connectivity index (χ1n) is 24.0. The van der Waals surface area contributed by atoms with E-state index in [0.717, 1.165) is 28.1 Å². The average molecular weight is 942 g/mol. The summed E-state index contributed by atoms with van der Waals surface area (Å²) in [6.07, 6.45) is 5.78. The monoisotopic (exact) mass is 941 g/mol. The summed E-state index contributed by atoms with van der Waals surface area (Å²) in [5.41, 5.74) is 5.63. The minimum atomic E-state index is -2.77. The van der Waals surface area contributed by atoms with E-state index in [-0.39, 0.29) is 21.3 Å². The third kappa shape index (κ3) is 11.1. The van der Waals surface area contributed by atoms with Gasteiger partial charge in [0.1, 0.15) is 0 Å². The SMILES string of the molecule is Cc1cccc(C)c1SC1=C(/C=C/c2ccc(N(CCO[Si](c3ccccc3)(c3ccccc3)C(C)(C)C)CCO[Si](c3ccccc3)(c3ccccc3)C(C)(C)C)cc2)CC(C)(C)CC1=O. The molecular weight excluding hydrogens is 871 g/mol. The van der Waals surface area contributed by atoms with Gasteiger partial charge in [-0.25, -0.2) is 0 Å². The van der Waals surface area contributed by atoms with Crippen molar-refractivity contribution in [1.29, 1.82) is 0 Å². The topological polar surface area (TPSA) is 38.8 Å². The summed E-state index contributed by atoms with van der Waals surface area (Å²) >= 11 is 1.65. The van der Waals surface area contributed by atoms with E-state index in [1.807, 2.05) is 0 Å². The Morgan fingerprint density at radius 3 is 1.34 bits per heavy atom. The summed E-state index contributed by atoms with van der Waals surface area (Å²) in [5, 5.41) is 4.85. The number of aryl methyl sites for hydroxylation is 2. The van der Waals surface area contributed by atoms with Crippen LogP contribution in [0.4, 0.5) is 5.69 Å². The van der Waals surface area contributed by atoms with E-state index in [1.165, 1.54) is 36.8 Å². The second kappa shape index (κ2) is 21.1. The molecule has 7 heteroatoms. The fourth-order valence-electron chi connectivity index (χ4n) is 10.2. The van der Waals surface area contributed by atoms with Crippen LogP contribution in [0.2, 0.25) is 10.1 Å². The largest absolute Gasteiger partial charge is 0.406 e. The summed E-state index contributed by atoms with van der Waals surface area (Å²) in [5.74, 6) is 0.232. The Balaban J connectivity index is 1.22. The first kappa shape index (κ1) is 49.9. The van der Waals surface area contributed by atoms with Crippen LogP contribution in [0.3, 0.4) is 0 Å². The van der Waals surface area contributed by atoms with Crippen molar-refractivity contribution < 1.29 is 13.6 Å². The zero-order valence-corrected chi connectivity index (χ0v) is 44.4. The minimum absolute atomic E-state index is 0.0982. The quantitative estimate of drug-likeness (QED) is 0.0852. The highest BCUT2D eigenvalue weighted by atomic mass is 32.2. The first-order chi connectivity index (χ1) is 31.9. The van der Waals surface area contributed by atoms with Gasteiger partial charge in [0.05, 0.1) is 18.1 Å². The number of carbonyl (C=O) groups excluding carboxylic acids is 1. The molecular formula is C60H71NO3SSi2. The van der Waals surface area contributed by atoms with Gasteiger partial charge in [0, 0.05) is 30.1 Å². The van der Waals surface area contributed by atoms with Crippen molar-refractivity contribution in [2.45, 2.75) is 97.1 Å². The van der Waals surface area contributed by atoms with Crippen molar-refractivity contribution in [1.82, 2.24) is 0 Å². The second-order valence-corrected chi connectivity index (χ2v) is 30.7. The lowest BCUT2D eigenvalue weighted by molar-refractivity contribution is -0.117. The van der Waals surface area contributed by atoms with Crippen molar-refractivity contribution in [3.63, 3.8) is 0 Å². The van der Waals surface area contributed by atoms with Crippen LogP contribution in [-0.2, 0) is 13.6 Å². The van der Waals surface area contributed by atoms with Gasteiger partial charge in [-0.1, -0.05) is 231 Å². The van der Waals surface area contributed by atoms with Gasteiger partial charge in [-0.15, -0.1) is 0 Å². The lowest BCUT2D eigenvalue weighted by atomic mass is 9.76. The lowest BCUT2D eigenvalue weighted by Crippen LogP contribution is -2.67. The number of benzene rings is 6. The molecule has 0 amide bonds. The highest BCUT2D eigenvalue weighted by Gasteiger charge is 2.51. The van der Waals surface area contributed by atoms with Gasteiger partial charge < -0.3 is 13.8 Å². The van der Waals surface area contributed by atoms with Gasteiger partial charge in [-0.2, -0.15) is 0 Å². The van der Waals surface area contributed by atoms with Gasteiger partial charge >= 0.3 is 0 Å². The molecule has 0 heterocycles. The standard InChI is InChI=1S/C60H71NO3SSi2/c1-46-24-23-25-47(2)56(46)65-57-49(44-60(9,10)45-55(57)62)37-34-48-35-38-50(39-36-48)61(40-42-63-66(58(3,4)5,51-26-15-11-16-27-51)52-28-17-12-18-29-52)41-43-64-67(59(6,7)8,53-30-19-13-20-31-53)54-32-21-14-22-33-54/h11-39H,40-45H2,1-10H3/b37-34+. The van der Waals surface area contributed by atoms with E-state index in [4.69, 9.17) is 8.85 Å². The van der Waals surface area contributed by atoms with Crippen molar-refractivity contribution in [2.24, 2.45) is 5.41 Å². The van der Waals surface area contributed by atoms with Gasteiger partial charge in [0.25, 0.3) is 16.6 Å². The minimum Gasteiger partial charge on any atom is -0.406 e. The first-order valence-corrected chi connectivity index (χ1v) is 28.6. The number of allylic oxidation sites excluding steroid dienone is 3. The molecule has 0 saturated carbocycles. The maximum absolute atomic E-state index is 13.8. The average Bonchev–Trinajstić information content (AvgIpc) is 3.30. The Bertz CT molecular complexity index is 2430. The summed E-state index contributed by atoms with van der Waals surface area (Å²) < 4.78 is 15.0. The van der Waals surface area contributed by atoms with Gasteiger partial charge in [-0.05, 0) is 90.9 Å². The molecule has 0 aromatic heterocycles. The van der Waals surface area contributed by atoms with E-state index in [2.05, 4.69) is 250 Å². The van der Waals surface area contributed by atoms with E-state index in [9.17, 15) is 4.79 Å². The molecule has 1 aliphatic rings. The Morgan fingerprint density at radius 2 is 0.955 bits per heavy atom. The summed E-state index contributed by atoms with van der Waals surface area (Å²) in [7, 11) is -5.54. The van der Waals surface area contributed by atoms with E-state index in [0.29, 0.717) is 32.7 Å². The van der Waals surface area contributed by atoms with Gasteiger partial charge in [-0.3, -0.25) is 4.79 Å².